The van der Waals surface area contributed by atoms with Crippen LogP contribution in [0.3, 0.4) is 0 Å². The highest BCUT2D eigenvalue weighted by Crippen LogP contribution is 2.11. The van der Waals surface area contributed by atoms with E-state index in [-0.39, 0.29) is 11.4 Å². The highest BCUT2D eigenvalue weighted by atomic mass is 16.4. The number of nitrogens with one attached hydrogen (secondary N) is 1. The molecule has 0 spiro atoms. The van der Waals surface area contributed by atoms with Crippen LogP contribution >= 0.6 is 0 Å². The molecule has 102 valence electrons. The van der Waals surface area contributed by atoms with E-state index in [1.807, 2.05) is 20.8 Å². The third-order valence-electron chi connectivity index (χ3n) is 2.90. The van der Waals surface area contributed by atoms with Gasteiger partial charge in [-0.2, -0.15) is 0 Å². The van der Waals surface area contributed by atoms with E-state index >= 15 is 0 Å². The zero-order valence-electron chi connectivity index (χ0n) is 11.4. The minimum Gasteiger partial charge on any atom is -0.478 e. The average Bonchev–Trinajstić information content (AvgIpc) is 2.36. The molecule has 2 N–H and O–H groups in total. The molecule has 4 heteroatoms. The summed E-state index contributed by atoms with van der Waals surface area (Å²) in [6.07, 6.45) is 3.34. The molecule has 1 rings (SSSR count). The predicted octanol–water partition coefficient (Wildman–Crippen LogP) is 2.70. The molecule has 0 heterocycles. The summed E-state index contributed by atoms with van der Waals surface area (Å²) in [5.74, 6) is -1.17. The highest BCUT2D eigenvalue weighted by Gasteiger charge is 2.18. The van der Waals surface area contributed by atoms with Gasteiger partial charge in [0.05, 0.1) is 0 Å². The van der Waals surface area contributed by atoms with Gasteiger partial charge < -0.3 is 10.4 Å². The second kappa shape index (κ2) is 6.18. The highest BCUT2D eigenvalue weighted by molar-refractivity contribution is 5.95. The summed E-state index contributed by atoms with van der Waals surface area (Å²) in [5.41, 5.74) is 0.947. The lowest BCUT2D eigenvalue weighted by atomic mass is 10.0. The van der Waals surface area contributed by atoms with E-state index in [0.717, 1.165) is 12.5 Å². The Morgan fingerprint density at radius 1 is 1.37 bits per heavy atom. The molecule has 0 fully saturated rings. The number of amides is 1. The smallest absolute Gasteiger partial charge is 0.328 e. The van der Waals surface area contributed by atoms with Crippen molar-refractivity contribution in [3.8, 4) is 0 Å². The van der Waals surface area contributed by atoms with E-state index in [1.165, 1.54) is 6.08 Å². The zero-order chi connectivity index (χ0) is 14.5. The molecular weight excluding hydrogens is 242 g/mol. The zero-order valence-corrected chi connectivity index (χ0v) is 11.4. The van der Waals surface area contributed by atoms with E-state index in [9.17, 15) is 9.59 Å². The van der Waals surface area contributed by atoms with Crippen LogP contribution in [0.1, 0.15) is 43.1 Å². The van der Waals surface area contributed by atoms with Crippen LogP contribution in [0.4, 0.5) is 0 Å². The normalized spacial score (nSPS) is 11.5. The summed E-state index contributed by atoms with van der Waals surface area (Å²) in [4.78, 5) is 22.5. The van der Waals surface area contributed by atoms with Crippen LogP contribution in [0.15, 0.2) is 30.3 Å². The van der Waals surface area contributed by atoms with Crippen molar-refractivity contribution in [2.75, 3.05) is 0 Å². The Kier molecular flexibility index (Phi) is 4.87. The van der Waals surface area contributed by atoms with Gasteiger partial charge in [0.2, 0.25) is 0 Å². The fourth-order valence-corrected chi connectivity index (χ4v) is 1.42. The van der Waals surface area contributed by atoms with Crippen molar-refractivity contribution in [3.63, 3.8) is 0 Å². The molecule has 0 unspecified atom stereocenters. The number of hydrogen-bond acceptors (Lipinski definition) is 2. The molecule has 0 saturated carbocycles. The van der Waals surface area contributed by atoms with Gasteiger partial charge in [0, 0.05) is 17.2 Å². The minimum absolute atomic E-state index is 0.155. The van der Waals surface area contributed by atoms with E-state index in [2.05, 4.69) is 5.32 Å². The van der Waals surface area contributed by atoms with Crippen LogP contribution in [-0.2, 0) is 4.79 Å². The lowest BCUT2D eigenvalue weighted by Gasteiger charge is -2.24. The lowest BCUT2D eigenvalue weighted by molar-refractivity contribution is -0.131. The van der Waals surface area contributed by atoms with Gasteiger partial charge in [-0.1, -0.05) is 19.1 Å². The van der Waals surface area contributed by atoms with Crippen LogP contribution in [0, 0.1) is 0 Å². The first kappa shape index (κ1) is 15.0. The second-order valence-corrected chi connectivity index (χ2v) is 4.99. The minimum atomic E-state index is -1.01. The Hall–Kier alpha value is -2.10. The van der Waals surface area contributed by atoms with Crippen LogP contribution in [-0.4, -0.2) is 22.5 Å². The molecule has 19 heavy (non-hydrogen) atoms. The van der Waals surface area contributed by atoms with Crippen molar-refractivity contribution in [1.82, 2.24) is 5.32 Å². The molecule has 0 atom stereocenters. The van der Waals surface area contributed by atoms with E-state index in [0.29, 0.717) is 11.1 Å². The van der Waals surface area contributed by atoms with E-state index < -0.39 is 5.97 Å². The molecule has 0 aromatic heterocycles. The predicted molar refractivity (Wildman–Crippen MR) is 74.9 cm³/mol. The summed E-state index contributed by atoms with van der Waals surface area (Å²) in [6, 6.07) is 6.86. The van der Waals surface area contributed by atoms with Crippen molar-refractivity contribution in [2.45, 2.75) is 32.7 Å². The first-order chi connectivity index (χ1) is 8.84. The van der Waals surface area contributed by atoms with Gasteiger partial charge >= 0.3 is 5.97 Å². The topological polar surface area (TPSA) is 66.4 Å². The molecule has 0 saturated heterocycles. The second-order valence-electron chi connectivity index (χ2n) is 4.99. The number of carbonyl (C=O) groups excluding carboxylic acids is 1. The summed E-state index contributed by atoms with van der Waals surface area (Å²) in [6.45, 7) is 5.92. The summed E-state index contributed by atoms with van der Waals surface area (Å²) in [7, 11) is 0. The summed E-state index contributed by atoms with van der Waals surface area (Å²) >= 11 is 0. The number of carbonyl (C=O) groups is 2. The number of hydrogen-bond donors (Lipinski definition) is 2. The van der Waals surface area contributed by atoms with Gasteiger partial charge in [0.1, 0.15) is 0 Å². The van der Waals surface area contributed by atoms with Crippen LogP contribution in [0.5, 0.6) is 0 Å². The average molecular weight is 261 g/mol. The Bertz CT molecular complexity index is 504. The molecule has 0 bridgehead atoms. The van der Waals surface area contributed by atoms with E-state index in [1.54, 1.807) is 24.3 Å². The van der Waals surface area contributed by atoms with Crippen molar-refractivity contribution < 1.29 is 14.7 Å². The molecule has 1 aromatic carbocycles. The van der Waals surface area contributed by atoms with Gasteiger partial charge in [-0.05, 0) is 44.0 Å². The number of carboxylic acid groups (broad SMARTS) is 1. The lowest BCUT2D eigenvalue weighted by Crippen LogP contribution is -2.42. The molecule has 0 aliphatic carbocycles. The van der Waals surface area contributed by atoms with Crippen LogP contribution < -0.4 is 5.32 Å². The maximum absolute atomic E-state index is 12.1. The third kappa shape index (κ3) is 4.95. The molecule has 0 radical (unpaired) electrons. The van der Waals surface area contributed by atoms with Crippen LogP contribution in [0.25, 0.3) is 6.08 Å². The molecule has 1 aromatic rings. The molecule has 4 nitrogen and oxygen atoms in total. The van der Waals surface area contributed by atoms with Gasteiger partial charge in [0.15, 0.2) is 0 Å². The fraction of sp³-hybridized carbons (Fsp3) is 0.333. The Labute approximate surface area is 113 Å². The summed E-state index contributed by atoms with van der Waals surface area (Å²) in [5, 5.41) is 11.5. The summed E-state index contributed by atoms with van der Waals surface area (Å²) < 4.78 is 0. The molecular formula is C15H19NO3. The first-order valence-corrected chi connectivity index (χ1v) is 6.17. The van der Waals surface area contributed by atoms with Gasteiger partial charge in [-0.3, -0.25) is 4.79 Å². The van der Waals surface area contributed by atoms with Crippen molar-refractivity contribution >= 4 is 18.0 Å². The van der Waals surface area contributed by atoms with Crippen molar-refractivity contribution in [1.29, 1.82) is 0 Å². The molecule has 0 aliphatic rings. The third-order valence-corrected chi connectivity index (χ3v) is 2.90. The molecule has 1 amide bonds. The first-order valence-electron chi connectivity index (χ1n) is 6.17. The fourth-order valence-electron chi connectivity index (χ4n) is 1.42. The van der Waals surface area contributed by atoms with Gasteiger partial charge in [0.25, 0.3) is 5.91 Å². The SMILES string of the molecule is CCC(C)(C)NC(=O)c1cccc(C=CC(=O)O)c1. The maximum Gasteiger partial charge on any atom is 0.328 e. The molecule has 0 aliphatic heterocycles. The largest absolute Gasteiger partial charge is 0.478 e. The van der Waals surface area contributed by atoms with Gasteiger partial charge in [-0.15, -0.1) is 0 Å². The number of aliphatic carboxylic acids is 1. The Morgan fingerprint density at radius 2 is 2.05 bits per heavy atom. The maximum atomic E-state index is 12.1. The number of rotatable bonds is 5. The standard InChI is InChI=1S/C15H19NO3/c1-4-15(2,3)16-14(19)12-7-5-6-11(10-12)8-9-13(17)18/h5-10H,4H2,1-3H3,(H,16,19)(H,17,18). The number of benzene rings is 1. The van der Waals surface area contributed by atoms with Gasteiger partial charge in [-0.25, -0.2) is 4.79 Å². The Balaban J connectivity index is 2.87. The Morgan fingerprint density at radius 3 is 2.63 bits per heavy atom. The monoisotopic (exact) mass is 261 g/mol. The van der Waals surface area contributed by atoms with Crippen molar-refractivity contribution in [3.05, 3.63) is 41.5 Å². The van der Waals surface area contributed by atoms with E-state index in [4.69, 9.17) is 5.11 Å². The van der Waals surface area contributed by atoms with Crippen LogP contribution in [0.2, 0.25) is 0 Å². The van der Waals surface area contributed by atoms with Crippen molar-refractivity contribution in [2.24, 2.45) is 0 Å². The quantitative estimate of drug-likeness (QED) is 0.801. The number of carboxylic acids is 1.